The minimum atomic E-state index is -4.57. The second-order valence-electron chi connectivity index (χ2n) is 5.49. The molecule has 0 spiro atoms. The van der Waals surface area contributed by atoms with Gasteiger partial charge in [0.05, 0.1) is 23.8 Å². The lowest BCUT2D eigenvalue weighted by molar-refractivity contribution is -0.136. The van der Waals surface area contributed by atoms with Crippen molar-refractivity contribution in [2.75, 3.05) is 5.73 Å². The maximum Gasteiger partial charge on any atom is 0.418 e. The average molecular weight is 300 g/mol. The first-order valence-electron chi connectivity index (χ1n) is 6.77. The number of hydrogen-bond donors (Lipinski definition) is 2. The van der Waals surface area contributed by atoms with Gasteiger partial charge in [-0.2, -0.15) is 13.2 Å². The molecule has 1 aromatic rings. The summed E-state index contributed by atoms with van der Waals surface area (Å²) in [6, 6.07) is 3.07. The number of nitrogens with one attached hydrogen (secondary N) is 1. The average Bonchev–Trinajstić information content (AvgIpc) is 3.00. The molecular weight excluding hydrogens is 285 g/mol. The van der Waals surface area contributed by atoms with E-state index >= 15 is 0 Å². The van der Waals surface area contributed by atoms with E-state index in [2.05, 4.69) is 5.32 Å². The quantitative estimate of drug-likeness (QED) is 0.824. The van der Waals surface area contributed by atoms with E-state index in [1.807, 2.05) is 0 Å². The molecule has 2 bridgehead atoms. The number of nitrogen functional groups attached to an aromatic ring is 1. The topological polar surface area (TPSA) is 64.4 Å². The number of amides is 1. The van der Waals surface area contributed by atoms with Gasteiger partial charge in [0, 0.05) is 11.3 Å². The smallest absolute Gasteiger partial charge is 0.398 e. The van der Waals surface area contributed by atoms with E-state index in [-0.39, 0.29) is 29.5 Å². The van der Waals surface area contributed by atoms with E-state index in [1.165, 1.54) is 6.07 Å². The Morgan fingerprint density at radius 1 is 1.33 bits per heavy atom. The van der Waals surface area contributed by atoms with Gasteiger partial charge in [-0.25, -0.2) is 0 Å². The summed E-state index contributed by atoms with van der Waals surface area (Å²) in [5.41, 5.74) is 3.90. The second-order valence-corrected chi connectivity index (χ2v) is 5.49. The fourth-order valence-corrected chi connectivity index (χ4v) is 2.98. The van der Waals surface area contributed by atoms with Crippen molar-refractivity contribution in [2.24, 2.45) is 0 Å². The molecule has 2 aliphatic heterocycles. The number of benzene rings is 1. The SMILES string of the molecule is Nc1ccc(C(=O)NC2CC3CCC2O3)cc1C(F)(F)F. The van der Waals surface area contributed by atoms with Gasteiger partial charge in [-0.1, -0.05) is 0 Å². The molecule has 2 heterocycles. The van der Waals surface area contributed by atoms with Gasteiger partial charge in [0.1, 0.15) is 0 Å². The molecule has 21 heavy (non-hydrogen) atoms. The Hall–Kier alpha value is -1.76. The van der Waals surface area contributed by atoms with Crippen LogP contribution in [0.1, 0.15) is 35.2 Å². The summed E-state index contributed by atoms with van der Waals surface area (Å²) in [5, 5.41) is 2.75. The van der Waals surface area contributed by atoms with Crippen molar-refractivity contribution < 1.29 is 22.7 Å². The summed E-state index contributed by atoms with van der Waals surface area (Å²) in [7, 11) is 0. The zero-order chi connectivity index (χ0) is 15.2. The Balaban J connectivity index is 1.76. The molecule has 1 aromatic carbocycles. The number of fused-ring (bicyclic) bond motifs is 2. The van der Waals surface area contributed by atoms with Gasteiger partial charge in [0.25, 0.3) is 5.91 Å². The first-order chi connectivity index (χ1) is 9.84. The van der Waals surface area contributed by atoms with E-state index in [0.29, 0.717) is 0 Å². The van der Waals surface area contributed by atoms with Crippen molar-refractivity contribution in [3.05, 3.63) is 29.3 Å². The lowest BCUT2D eigenvalue weighted by Crippen LogP contribution is -2.41. The summed E-state index contributed by atoms with van der Waals surface area (Å²) in [5.74, 6) is -0.526. The summed E-state index contributed by atoms with van der Waals surface area (Å²) >= 11 is 0. The first-order valence-corrected chi connectivity index (χ1v) is 6.77. The number of hydrogen-bond acceptors (Lipinski definition) is 3. The monoisotopic (exact) mass is 300 g/mol. The van der Waals surface area contributed by atoms with Gasteiger partial charge in [0.2, 0.25) is 0 Å². The highest BCUT2D eigenvalue weighted by molar-refractivity contribution is 5.95. The third kappa shape index (κ3) is 2.70. The van der Waals surface area contributed by atoms with Crippen LogP contribution in [0, 0.1) is 0 Å². The van der Waals surface area contributed by atoms with Gasteiger partial charge in [-0.05, 0) is 37.5 Å². The molecule has 3 unspecified atom stereocenters. The minimum Gasteiger partial charge on any atom is -0.398 e. The number of rotatable bonds is 2. The molecule has 4 nitrogen and oxygen atoms in total. The first kappa shape index (κ1) is 14.2. The van der Waals surface area contributed by atoms with E-state index < -0.39 is 17.6 Å². The Labute approximate surface area is 119 Å². The summed E-state index contributed by atoms with van der Waals surface area (Å²) in [6.45, 7) is 0. The molecule has 3 N–H and O–H groups in total. The summed E-state index contributed by atoms with van der Waals surface area (Å²) < 4.78 is 44.0. The normalized spacial score (nSPS) is 27.9. The van der Waals surface area contributed by atoms with E-state index in [0.717, 1.165) is 31.4 Å². The summed E-state index contributed by atoms with van der Waals surface area (Å²) in [4.78, 5) is 12.1. The van der Waals surface area contributed by atoms with Crippen molar-refractivity contribution in [3.63, 3.8) is 0 Å². The molecule has 3 rings (SSSR count). The molecule has 2 saturated heterocycles. The number of carbonyl (C=O) groups excluding carboxylic acids is 1. The highest BCUT2D eigenvalue weighted by atomic mass is 19.4. The standard InChI is InChI=1S/C14H15F3N2O2/c15-14(16,17)9-5-7(1-3-10(9)18)13(20)19-11-6-8-2-4-12(11)21-8/h1,3,5,8,11-12H,2,4,6,18H2,(H,19,20). The third-order valence-electron chi connectivity index (χ3n) is 4.04. The molecule has 0 radical (unpaired) electrons. The minimum absolute atomic E-state index is 0.0187. The number of nitrogens with two attached hydrogens (primary N) is 1. The third-order valence-corrected chi connectivity index (χ3v) is 4.04. The number of alkyl halides is 3. The van der Waals surface area contributed by atoms with Crippen LogP contribution in [0.25, 0.3) is 0 Å². The Bertz CT molecular complexity index is 574. The van der Waals surface area contributed by atoms with Crippen molar-refractivity contribution in [1.29, 1.82) is 0 Å². The van der Waals surface area contributed by atoms with Crippen molar-refractivity contribution in [2.45, 2.75) is 43.7 Å². The number of anilines is 1. The Morgan fingerprint density at radius 2 is 2.10 bits per heavy atom. The molecule has 0 aliphatic carbocycles. The Kier molecular flexibility index (Phi) is 3.32. The van der Waals surface area contributed by atoms with Gasteiger partial charge in [0.15, 0.2) is 0 Å². The predicted octanol–water partition coefficient (Wildman–Crippen LogP) is 2.34. The highest BCUT2D eigenvalue weighted by Gasteiger charge is 2.41. The van der Waals surface area contributed by atoms with Crippen LogP contribution in [0.15, 0.2) is 18.2 Å². The molecule has 114 valence electrons. The van der Waals surface area contributed by atoms with Gasteiger partial charge >= 0.3 is 6.18 Å². The van der Waals surface area contributed by atoms with Crippen LogP contribution in [-0.2, 0) is 10.9 Å². The number of ether oxygens (including phenoxy) is 1. The van der Waals surface area contributed by atoms with E-state index in [9.17, 15) is 18.0 Å². The Morgan fingerprint density at radius 3 is 2.67 bits per heavy atom. The fourth-order valence-electron chi connectivity index (χ4n) is 2.98. The van der Waals surface area contributed by atoms with Crippen molar-refractivity contribution in [3.8, 4) is 0 Å². The molecule has 0 aromatic heterocycles. The highest BCUT2D eigenvalue weighted by Crippen LogP contribution is 2.35. The lowest BCUT2D eigenvalue weighted by Gasteiger charge is -2.20. The molecular formula is C14H15F3N2O2. The molecule has 7 heteroatoms. The molecule has 1 amide bonds. The maximum absolute atomic E-state index is 12.8. The zero-order valence-electron chi connectivity index (χ0n) is 11.1. The number of carbonyl (C=O) groups is 1. The second kappa shape index (κ2) is 4.91. The predicted molar refractivity (Wildman–Crippen MR) is 69.6 cm³/mol. The summed E-state index contributed by atoms with van der Waals surface area (Å²) in [6.07, 6.45) is -1.84. The lowest BCUT2D eigenvalue weighted by atomic mass is 9.95. The van der Waals surface area contributed by atoms with E-state index in [4.69, 9.17) is 10.5 Å². The molecule has 2 fully saturated rings. The largest absolute Gasteiger partial charge is 0.418 e. The van der Waals surface area contributed by atoms with E-state index in [1.54, 1.807) is 0 Å². The van der Waals surface area contributed by atoms with Crippen LogP contribution in [0.4, 0.5) is 18.9 Å². The van der Waals surface area contributed by atoms with Crippen LogP contribution in [0.3, 0.4) is 0 Å². The van der Waals surface area contributed by atoms with Gasteiger partial charge < -0.3 is 15.8 Å². The van der Waals surface area contributed by atoms with Crippen LogP contribution in [0.2, 0.25) is 0 Å². The molecule has 0 saturated carbocycles. The van der Waals surface area contributed by atoms with Crippen molar-refractivity contribution >= 4 is 11.6 Å². The van der Waals surface area contributed by atoms with Crippen LogP contribution in [0.5, 0.6) is 0 Å². The maximum atomic E-state index is 12.8. The zero-order valence-corrected chi connectivity index (χ0v) is 11.1. The van der Waals surface area contributed by atoms with Crippen LogP contribution >= 0.6 is 0 Å². The van der Waals surface area contributed by atoms with Crippen LogP contribution < -0.4 is 11.1 Å². The van der Waals surface area contributed by atoms with Gasteiger partial charge in [-0.15, -0.1) is 0 Å². The van der Waals surface area contributed by atoms with Gasteiger partial charge in [-0.3, -0.25) is 4.79 Å². The van der Waals surface area contributed by atoms with Crippen LogP contribution in [-0.4, -0.2) is 24.2 Å². The van der Waals surface area contributed by atoms with Crippen molar-refractivity contribution in [1.82, 2.24) is 5.32 Å². The fraction of sp³-hybridized carbons (Fsp3) is 0.500. The molecule has 2 aliphatic rings. The molecule has 3 atom stereocenters. The number of halogens is 3.